The summed E-state index contributed by atoms with van der Waals surface area (Å²) in [6.45, 7) is 4.85. The maximum absolute atomic E-state index is 8.63. The SMILES string of the molecule is CCC(N)(CC)CNc1ccc(C#N)cn1. The predicted molar refractivity (Wildman–Crippen MR) is 64.9 cm³/mol. The van der Waals surface area contributed by atoms with Gasteiger partial charge in [0.25, 0.3) is 0 Å². The lowest BCUT2D eigenvalue weighted by atomic mass is 9.94. The molecule has 0 saturated heterocycles. The van der Waals surface area contributed by atoms with E-state index in [2.05, 4.69) is 24.1 Å². The number of nitrogens with two attached hydrogens (primary N) is 1. The normalized spacial score (nSPS) is 10.9. The number of nitrogens with zero attached hydrogens (tertiary/aromatic N) is 2. The van der Waals surface area contributed by atoms with E-state index in [9.17, 15) is 0 Å². The van der Waals surface area contributed by atoms with Gasteiger partial charge in [0.15, 0.2) is 0 Å². The first-order valence-corrected chi connectivity index (χ1v) is 5.52. The van der Waals surface area contributed by atoms with Gasteiger partial charge < -0.3 is 11.1 Å². The average molecular weight is 218 g/mol. The molecule has 0 radical (unpaired) electrons. The fourth-order valence-corrected chi connectivity index (χ4v) is 1.33. The molecular weight excluding hydrogens is 200 g/mol. The Kier molecular flexibility index (Phi) is 4.27. The van der Waals surface area contributed by atoms with E-state index in [-0.39, 0.29) is 5.54 Å². The first-order chi connectivity index (χ1) is 7.63. The fourth-order valence-electron chi connectivity index (χ4n) is 1.33. The smallest absolute Gasteiger partial charge is 0.126 e. The van der Waals surface area contributed by atoms with Crippen molar-refractivity contribution >= 4 is 5.82 Å². The van der Waals surface area contributed by atoms with Gasteiger partial charge in [0, 0.05) is 18.3 Å². The molecule has 4 nitrogen and oxygen atoms in total. The molecule has 3 N–H and O–H groups in total. The molecule has 1 aromatic rings. The summed E-state index contributed by atoms with van der Waals surface area (Å²) in [6, 6.07) is 5.57. The molecule has 0 spiro atoms. The monoisotopic (exact) mass is 218 g/mol. The second kappa shape index (κ2) is 5.47. The van der Waals surface area contributed by atoms with E-state index >= 15 is 0 Å². The van der Waals surface area contributed by atoms with Gasteiger partial charge >= 0.3 is 0 Å². The summed E-state index contributed by atoms with van der Waals surface area (Å²) in [4.78, 5) is 4.13. The Bertz CT molecular complexity index is 360. The van der Waals surface area contributed by atoms with Crippen molar-refractivity contribution in [1.82, 2.24) is 4.98 Å². The lowest BCUT2D eigenvalue weighted by Crippen LogP contribution is -2.45. The van der Waals surface area contributed by atoms with Crippen LogP contribution in [0, 0.1) is 11.3 Å². The van der Waals surface area contributed by atoms with E-state index in [1.807, 2.05) is 6.07 Å². The van der Waals surface area contributed by atoms with Crippen molar-refractivity contribution in [3.63, 3.8) is 0 Å². The van der Waals surface area contributed by atoms with Gasteiger partial charge in [0.05, 0.1) is 5.56 Å². The van der Waals surface area contributed by atoms with Crippen molar-refractivity contribution in [2.75, 3.05) is 11.9 Å². The summed E-state index contributed by atoms with van der Waals surface area (Å²) in [6.07, 6.45) is 3.40. The summed E-state index contributed by atoms with van der Waals surface area (Å²) in [5, 5.41) is 11.8. The van der Waals surface area contributed by atoms with Gasteiger partial charge in [-0.15, -0.1) is 0 Å². The molecule has 16 heavy (non-hydrogen) atoms. The summed E-state index contributed by atoms with van der Waals surface area (Å²) < 4.78 is 0. The number of rotatable bonds is 5. The molecule has 0 atom stereocenters. The van der Waals surface area contributed by atoms with Gasteiger partial charge in [-0.2, -0.15) is 5.26 Å². The lowest BCUT2D eigenvalue weighted by molar-refractivity contribution is 0.418. The van der Waals surface area contributed by atoms with Crippen LogP contribution in [0.1, 0.15) is 32.3 Å². The highest BCUT2D eigenvalue weighted by Gasteiger charge is 2.19. The van der Waals surface area contributed by atoms with Crippen LogP contribution in [-0.4, -0.2) is 17.1 Å². The van der Waals surface area contributed by atoms with E-state index in [4.69, 9.17) is 11.0 Å². The molecule has 0 aliphatic rings. The zero-order valence-corrected chi connectivity index (χ0v) is 9.83. The van der Waals surface area contributed by atoms with Crippen LogP contribution in [0.3, 0.4) is 0 Å². The molecule has 0 bridgehead atoms. The van der Waals surface area contributed by atoms with E-state index in [0.717, 1.165) is 18.7 Å². The fraction of sp³-hybridized carbons (Fsp3) is 0.500. The Morgan fingerprint density at radius 3 is 2.56 bits per heavy atom. The molecule has 1 rings (SSSR count). The highest BCUT2D eigenvalue weighted by atomic mass is 15.0. The Morgan fingerprint density at radius 1 is 1.44 bits per heavy atom. The number of anilines is 1. The van der Waals surface area contributed by atoms with E-state index in [0.29, 0.717) is 12.1 Å². The van der Waals surface area contributed by atoms with Crippen LogP contribution in [0.5, 0.6) is 0 Å². The van der Waals surface area contributed by atoms with Crippen LogP contribution in [0.25, 0.3) is 0 Å². The molecule has 4 heteroatoms. The molecule has 0 saturated carbocycles. The molecule has 0 aliphatic heterocycles. The van der Waals surface area contributed by atoms with Gasteiger partial charge in [-0.05, 0) is 25.0 Å². The van der Waals surface area contributed by atoms with Gasteiger partial charge in [0.2, 0.25) is 0 Å². The summed E-state index contributed by atoms with van der Waals surface area (Å²) in [5.41, 5.74) is 6.54. The Balaban J connectivity index is 2.58. The third-order valence-corrected chi connectivity index (χ3v) is 2.92. The first kappa shape index (κ1) is 12.5. The summed E-state index contributed by atoms with van der Waals surface area (Å²) >= 11 is 0. The Labute approximate surface area is 96.5 Å². The molecule has 0 aromatic carbocycles. The number of pyridine rings is 1. The zero-order valence-electron chi connectivity index (χ0n) is 9.83. The van der Waals surface area contributed by atoms with Crippen molar-refractivity contribution < 1.29 is 0 Å². The topological polar surface area (TPSA) is 74.7 Å². The first-order valence-electron chi connectivity index (χ1n) is 5.52. The van der Waals surface area contributed by atoms with Crippen molar-refractivity contribution in [3.05, 3.63) is 23.9 Å². The molecule has 86 valence electrons. The minimum atomic E-state index is -0.185. The van der Waals surface area contributed by atoms with E-state index in [1.54, 1.807) is 18.3 Å². The Hall–Kier alpha value is -1.60. The third-order valence-electron chi connectivity index (χ3n) is 2.92. The van der Waals surface area contributed by atoms with Crippen molar-refractivity contribution in [1.29, 1.82) is 5.26 Å². The molecule has 1 heterocycles. The molecule has 0 fully saturated rings. The highest BCUT2D eigenvalue weighted by Crippen LogP contribution is 2.12. The van der Waals surface area contributed by atoms with Crippen molar-refractivity contribution in [3.8, 4) is 6.07 Å². The molecular formula is C12H18N4. The third kappa shape index (κ3) is 3.21. The van der Waals surface area contributed by atoms with E-state index in [1.165, 1.54) is 0 Å². The molecule has 0 amide bonds. The summed E-state index contributed by atoms with van der Waals surface area (Å²) in [7, 11) is 0. The predicted octanol–water partition coefficient (Wildman–Crippen LogP) is 1.88. The summed E-state index contributed by atoms with van der Waals surface area (Å²) in [5.74, 6) is 0.760. The van der Waals surface area contributed by atoms with Gasteiger partial charge in [-0.3, -0.25) is 0 Å². The maximum Gasteiger partial charge on any atom is 0.126 e. The van der Waals surface area contributed by atoms with Crippen LogP contribution in [0.2, 0.25) is 0 Å². The molecule has 1 aromatic heterocycles. The number of hydrogen-bond donors (Lipinski definition) is 2. The van der Waals surface area contributed by atoms with Crippen LogP contribution < -0.4 is 11.1 Å². The Morgan fingerprint density at radius 2 is 2.12 bits per heavy atom. The lowest BCUT2D eigenvalue weighted by Gasteiger charge is -2.27. The number of nitrogens with one attached hydrogen (secondary N) is 1. The van der Waals surface area contributed by atoms with Crippen LogP contribution in [-0.2, 0) is 0 Å². The van der Waals surface area contributed by atoms with Gasteiger partial charge in [-0.1, -0.05) is 13.8 Å². The van der Waals surface area contributed by atoms with Crippen molar-refractivity contribution in [2.45, 2.75) is 32.2 Å². The largest absolute Gasteiger partial charge is 0.368 e. The van der Waals surface area contributed by atoms with Crippen molar-refractivity contribution in [2.24, 2.45) is 5.73 Å². The van der Waals surface area contributed by atoms with E-state index < -0.39 is 0 Å². The number of nitriles is 1. The average Bonchev–Trinajstić information content (AvgIpc) is 2.36. The maximum atomic E-state index is 8.63. The highest BCUT2D eigenvalue weighted by molar-refractivity contribution is 5.39. The number of hydrogen-bond acceptors (Lipinski definition) is 4. The molecule has 0 unspecified atom stereocenters. The van der Waals surface area contributed by atoms with Crippen LogP contribution in [0.4, 0.5) is 5.82 Å². The van der Waals surface area contributed by atoms with Gasteiger partial charge in [-0.25, -0.2) is 4.98 Å². The second-order valence-electron chi connectivity index (χ2n) is 3.97. The zero-order chi connectivity index (χ0) is 12.0. The van der Waals surface area contributed by atoms with Crippen LogP contribution in [0.15, 0.2) is 18.3 Å². The quantitative estimate of drug-likeness (QED) is 0.791. The van der Waals surface area contributed by atoms with Gasteiger partial charge in [0.1, 0.15) is 11.9 Å². The minimum absolute atomic E-state index is 0.185. The minimum Gasteiger partial charge on any atom is -0.368 e. The second-order valence-corrected chi connectivity index (χ2v) is 3.97. The molecule has 0 aliphatic carbocycles. The standard InChI is InChI=1S/C12H18N4/c1-3-12(14,4-2)9-16-11-6-5-10(7-13)8-15-11/h5-6,8H,3-4,9,14H2,1-2H3,(H,15,16). The van der Waals surface area contributed by atoms with Crippen LogP contribution >= 0.6 is 0 Å². The number of aromatic nitrogens is 1.